The summed E-state index contributed by atoms with van der Waals surface area (Å²) in [7, 11) is 3.08. The number of benzene rings is 2. The number of ether oxygens (including phenoxy) is 3. The normalized spacial score (nSPS) is 10.6. The monoisotopic (exact) mass is 424 g/mol. The Balaban J connectivity index is 1.68. The van der Waals surface area contributed by atoms with E-state index >= 15 is 0 Å². The zero-order valence-electron chi connectivity index (χ0n) is 16.8. The fourth-order valence-electron chi connectivity index (χ4n) is 2.66. The predicted octanol–water partition coefficient (Wildman–Crippen LogP) is 2.32. The van der Waals surface area contributed by atoms with E-state index in [-0.39, 0.29) is 5.69 Å². The molecule has 0 spiro atoms. The van der Waals surface area contributed by atoms with Crippen LogP contribution >= 0.6 is 0 Å². The SMILES string of the molecule is COc1ccc(-c2cc(C(=O)NN=Cc3ccccc3OCC(=O)O)[nH]n2)cc1OC. The molecule has 0 radical (unpaired) electrons. The molecule has 1 heterocycles. The summed E-state index contributed by atoms with van der Waals surface area (Å²) < 4.78 is 15.7. The molecule has 10 heteroatoms. The standard InChI is InChI=1S/C21H20N4O6/c1-29-18-8-7-13(9-19(18)30-2)15-10-16(24-23-15)21(28)25-22-11-14-5-3-4-6-17(14)31-12-20(26)27/h3-11H,12H2,1-2H3,(H,23,24)(H,25,28)(H,26,27). The number of nitrogens with one attached hydrogen (secondary N) is 2. The van der Waals surface area contributed by atoms with Crippen molar-refractivity contribution in [3.05, 3.63) is 59.8 Å². The van der Waals surface area contributed by atoms with Crippen molar-refractivity contribution in [3.8, 4) is 28.5 Å². The summed E-state index contributed by atoms with van der Waals surface area (Å²) in [6.07, 6.45) is 1.36. The number of amides is 1. The molecule has 0 unspecified atom stereocenters. The van der Waals surface area contributed by atoms with E-state index < -0.39 is 18.5 Å². The summed E-state index contributed by atoms with van der Waals surface area (Å²) in [5.74, 6) is -0.131. The molecule has 0 saturated heterocycles. The first-order valence-corrected chi connectivity index (χ1v) is 9.06. The Morgan fingerprint density at radius 1 is 1.10 bits per heavy atom. The van der Waals surface area contributed by atoms with Crippen LogP contribution in [0.2, 0.25) is 0 Å². The molecule has 1 aromatic heterocycles. The van der Waals surface area contributed by atoms with E-state index in [0.717, 1.165) is 5.56 Å². The van der Waals surface area contributed by atoms with Crippen molar-refractivity contribution in [2.24, 2.45) is 5.10 Å². The van der Waals surface area contributed by atoms with Crippen LogP contribution in [0, 0.1) is 0 Å². The van der Waals surface area contributed by atoms with Crippen LogP contribution in [0.1, 0.15) is 16.1 Å². The highest BCUT2D eigenvalue weighted by molar-refractivity contribution is 5.94. The third-order valence-corrected chi connectivity index (χ3v) is 4.14. The average Bonchev–Trinajstić information content (AvgIpc) is 3.28. The van der Waals surface area contributed by atoms with Crippen LogP contribution in [0.4, 0.5) is 0 Å². The molecule has 2 aromatic carbocycles. The molecule has 0 aliphatic heterocycles. The minimum atomic E-state index is -1.09. The number of hydrogen-bond acceptors (Lipinski definition) is 7. The number of hydrazone groups is 1. The van der Waals surface area contributed by atoms with Crippen molar-refractivity contribution in [3.63, 3.8) is 0 Å². The Hall–Kier alpha value is -4.34. The van der Waals surface area contributed by atoms with Gasteiger partial charge in [-0.15, -0.1) is 0 Å². The fourth-order valence-corrected chi connectivity index (χ4v) is 2.66. The lowest BCUT2D eigenvalue weighted by molar-refractivity contribution is -0.139. The van der Waals surface area contributed by atoms with E-state index in [0.29, 0.717) is 28.5 Å². The maximum Gasteiger partial charge on any atom is 0.341 e. The molecule has 0 aliphatic carbocycles. The van der Waals surface area contributed by atoms with E-state index in [4.69, 9.17) is 19.3 Å². The minimum Gasteiger partial charge on any atom is -0.493 e. The molecule has 3 rings (SSSR count). The summed E-state index contributed by atoms with van der Waals surface area (Å²) in [6.45, 7) is -0.482. The van der Waals surface area contributed by atoms with Gasteiger partial charge in [0.25, 0.3) is 5.91 Å². The molecule has 1 amide bonds. The van der Waals surface area contributed by atoms with E-state index in [9.17, 15) is 9.59 Å². The Bertz CT molecular complexity index is 1110. The number of aromatic amines is 1. The third-order valence-electron chi connectivity index (χ3n) is 4.14. The van der Waals surface area contributed by atoms with E-state index in [1.54, 1.807) is 55.6 Å². The number of hydrogen-bond donors (Lipinski definition) is 3. The van der Waals surface area contributed by atoms with Gasteiger partial charge >= 0.3 is 5.97 Å². The van der Waals surface area contributed by atoms with Gasteiger partial charge in [-0.05, 0) is 36.4 Å². The molecule has 10 nitrogen and oxygen atoms in total. The molecule has 3 N–H and O–H groups in total. The molecule has 0 bridgehead atoms. The first kappa shape index (κ1) is 21.4. The number of aromatic nitrogens is 2. The topological polar surface area (TPSA) is 135 Å². The maximum absolute atomic E-state index is 12.4. The summed E-state index contributed by atoms with van der Waals surface area (Å²) >= 11 is 0. The smallest absolute Gasteiger partial charge is 0.341 e. The van der Waals surface area contributed by atoms with Crippen LogP contribution in [0.3, 0.4) is 0 Å². The molecule has 3 aromatic rings. The van der Waals surface area contributed by atoms with Crippen molar-refractivity contribution in [2.45, 2.75) is 0 Å². The van der Waals surface area contributed by atoms with Gasteiger partial charge < -0.3 is 19.3 Å². The maximum atomic E-state index is 12.4. The Morgan fingerprint density at radius 3 is 2.61 bits per heavy atom. The molecule has 0 aliphatic rings. The second-order valence-corrected chi connectivity index (χ2v) is 6.16. The van der Waals surface area contributed by atoms with Gasteiger partial charge in [-0.3, -0.25) is 9.89 Å². The number of H-pyrrole nitrogens is 1. The van der Waals surface area contributed by atoms with Crippen molar-refractivity contribution in [1.82, 2.24) is 15.6 Å². The van der Waals surface area contributed by atoms with E-state index in [2.05, 4.69) is 20.7 Å². The van der Waals surface area contributed by atoms with Gasteiger partial charge in [0.15, 0.2) is 18.1 Å². The highest BCUT2D eigenvalue weighted by Gasteiger charge is 2.13. The fraction of sp³-hybridized carbons (Fsp3) is 0.143. The predicted molar refractivity (Wildman–Crippen MR) is 112 cm³/mol. The molecule has 31 heavy (non-hydrogen) atoms. The van der Waals surface area contributed by atoms with Crippen LogP contribution < -0.4 is 19.6 Å². The lowest BCUT2D eigenvalue weighted by atomic mass is 10.1. The van der Waals surface area contributed by atoms with Gasteiger partial charge in [0.1, 0.15) is 11.4 Å². The first-order valence-electron chi connectivity index (χ1n) is 9.06. The number of carboxylic acid groups (broad SMARTS) is 1. The van der Waals surface area contributed by atoms with Gasteiger partial charge in [0, 0.05) is 11.1 Å². The molecular weight excluding hydrogens is 404 g/mol. The quantitative estimate of drug-likeness (QED) is 0.354. The molecular formula is C21H20N4O6. The lowest BCUT2D eigenvalue weighted by Gasteiger charge is -2.08. The number of carbonyl (C=O) groups is 2. The second kappa shape index (κ2) is 9.92. The number of para-hydroxylation sites is 1. The molecule has 160 valence electrons. The third kappa shape index (κ3) is 5.38. The zero-order chi connectivity index (χ0) is 22.2. The highest BCUT2D eigenvalue weighted by atomic mass is 16.5. The summed E-state index contributed by atoms with van der Waals surface area (Å²) in [5, 5.41) is 19.5. The number of aliphatic carboxylic acids is 1. The van der Waals surface area contributed by atoms with Crippen molar-refractivity contribution in [1.29, 1.82) is 0 Å². The van der Waals surface area contributed by atoms with Crippen LogP contribution in [-0.4, -0.2) is 54.2 Å². The molecule has 0 atom stereocenters. The second-order valence-electron chi connectivity index (χ2n) is 6.16. The van der Waals surface area contributed by atoms with Gasteiger partial charge in [-0.2, -0.15) is 10.2 Å². The minimum absolute atomic E-state index is 0.206. The molecule has 0 fully saturated rings. The van der Waals surface area contributed by atoms with Crippen molar-refractivity contribution in [2.75, 3.05) is 20.8 Å². The molecule has 0 saturated carbocycles. The van der Waals surface area contributed by atoms with Crippen molar-refractivity contribution < 1.29 is 28.9 Å². The van der Waals surface area contributed by atoms with Gasteiger partial charge in [0.2, 0.25) is 0 Å². The average molecular weight is 424 g/mol. The number of methoxy groups -OCH3 is 2. The number of carboxylic acids is 1. The van der Waals surface area contributed by atoms with Gasteiger partial charge in [-0.25, -0.2) is 10.2 Å². The van der Waals surface area contributed by atoms with E-state index in [1.165, 1.54) is 13.3 Å². The number of carbonyl (C=O) groups excluding carboxylic acids is 1. The zero-order valence-corrected chi connectivity index (χ0v) is 16.8. The summed E-state index contributed by atoms with van der Waals surface area (Å²) in [4.78, 5) is 23.0. The Morgan fingerprint density at radius 2 is 1.87 bits per heavy atom. The van der Waals surface area contributed by atoms with E-state index in [1.807, 2.05) is 0 Å². The lowest BCUT2D eigenvalue weighted by Crippen LogP contribution is -2.18. The number of nitrogens with zero attached hydrogens (tertiary/aromatic N) is 2. The first-order chi connectivity index (χ1) is 15.0. The summed E-state index contributed by atoms with van der Waals surface area (Å²) in [6, 6.07) is 13.6. The Labute approximate surface area is 177 Å². The van der Waals surface area contributed by atoms with Gasteiger partial charge in [-0.1, -0.05) is 12.1 Å². The number of rotatable bonds is 9. The van der Waals surface area contributed by atoms with Crippen LogP contribution in [0.15, 0.2) is 53.6 Å². The van der Waals surface area contributed by atoms with Crippen LogP contribution in [0.5, 0.6) is 17.2 Å². The van der Waals surface area contributed by atoms with Crippen LogP contribution in [0.25, 0.3) is 11.3 Å². The summed E-state index contributed by atoms with van der Waals surface area (Å²) in [5.41, 5.74) is 4.39. The van der Waals surface area contributed by atoms with Crippen LogP contribution in [-0.2, 0) is 4.79 Å². The largest absolute Gasteiger partial charge is 0.493 e. The van der Waals surface area contributed by atoms with Crippen molar-refractivity contribution >= 4 is 18.1 Å². The van der Waals surface area contributed by atoms with Gasteiger partial charge in [0.05, 0.1) is 26.1 Å². The highest BCUT2D eigenvalue weighted by Crippen LogP contribution is 2.31. The Kier molecular flexibility index (Phi) is 6.84.